The van der Waals surface area contributed by atoms with E-state index in [0.717, 1.165) is 13.5 Å². The third kappa shape index (κ3) is 25.2. The predicted octanol–water partition coefficient (Wildman–Crippen LogP) is 4.97. The van der Waals surface area contributed by atoms with Gasteiger partial charge in [0.1, 0.15) is 0 Å². The van der Waals surface area contributed by atoms with E-state index in [2.05, 4.69) is 68.2 Å². The zero-order valence-corrected chi connectivity index (χ0v) is 21.8. The van der Waals surface area contributed by atoms with Crippen LogP contribution in [0, 0.1) is 10.8 Å². The zero-order valence-electron chi connectivity index (χ0n) is 18.3. The number of nitrogens with two attached hydrogens (primary N) is 2. The van der Waals surface area contributed by atoms with Crippen LogP contribution >= 0.6 is 39.8 Å². The van der Waals surface area contributed by atoms with Gasteiger partial charge in [0.25, 0.3) is 0 Å². The highest BCUT2D eigenvalue weighted by molar-refractivity contribution is 8.02. The van der Waals surface area contributed by atoms with E-state index in [0.29, 0.717) is 12.0 Å². The molecule has 0 heterocycles. The molecule has 0 fully saturated rings. The molecule has 0 radical (unpaired) electrons. The molecule has 0 aliphatic heterocycles. The maximum Gasteiger partial charge on any atom is 0.399 e. The van der Waals surface area contributed by atoms with Crippen molar-refractivity contribution < 1.29 is 23.4 Å². The molecule has 0 saturated heterocycles. The molecule has 2 unspecified atom stereocenters. The second-order valence-electron chi connectivity index (χ2n) is 8.04. The topological polar surface area (TPSA) is 128 Å². The molecule has 0 aliphatic rings. The van der Waals surface area contributed by atoms with Gasteiger partial charge in [-0.1, -0.05) is 41.0 Å². The van der Waals surface area contributed by atoms with Gasteiger partial charge in [-0.05, 0) is 41.6 Å². The van der Waals surface area contributed by atoms with Crippen molar-refractivity contribution in [3.8, 4) is 0 Å². The lowest BCUT2D eigenvalue weighted by Gasteiger charge is -2.24. The summed E-state index contributed by atoms with van der Waals surface area (Å²) < 4.78 is 18.6. The highest BCUT2D eigenvalue weighted by Gasteiger charge is 2.18. The van der Waals surface area contributed by atoms with Gasteiger partial charge in [-0.2, -0.15) is 23.5 Å². The van der Waals surface area contributed by atoms with Gasteiger partial charge >= 0.3 is 7.75 Å². The summed E-state index contributed by atoms with van der Waals surface area (Å²) in [5, 5.41) is 0. The SMILES string of the molecule is CCC(C)(C)CCSCCSCCC(C)(C)CCOP(N)O.COP(N)(=O)O. The van der Waals surface area contributed by atoms with Crippen LogP contribution < -0.4 is 11.0 Å². The normalized spacial score (nSPS) is 15.5. The van der Waals surface area contributed by atoms with E-state index in [1.165, 1.54) is 42.3 Å². The van der Waals surface area contributed by atoms with Gasteiger partial charge in [0.05, 0.1) is 6.61 Å². The molecule has 0 spiro atoms. The van der Waals surface area contributed by atoms with E-state index < -0.39 is 16.3 Å². The molecule has 0 aromatic heterocycles. The third-order valence-corrected chi connectivity index (χ3v) is 7.64. The molecule has 172 valence electrons. The van der Waals surface area contributed by atoms with E-state index in [1.807, 2.05) is 0 Å². The Bertz CT molecular complexity index is 424. The highest BCUT2D eigenvalue weighted by atomic mass is 32.2. The maximum atomic E-state index is 9.69. The average molecular weight is 481 g/mol. The predicted molar refractivity (Wildman–Crippen MR) is 127 cm³/mol. The summed E-state index contributed by atoms with van der Waals surface area (Å²) in [5.41, 5.74) is 10.4. The van der Waals surface area contributed by atoms with Crippen LogP contribution in [0.5, 0.6) is 0 Å². The Kier molecular flexibility index (Phi) is 18.7. The van der Waals surface area contributed by atoms with Crippen LogP contribution in [0.15, 0.2) is 0 Å². The molecule has 0 aromatic carbocycles. The minimum atomic E-state index is -3.65. The summed E-state index contributed by atoms with van der Waals surface area (Å²) in [6, 6.07) is 0. The van der Waals surface area contributed by atoms with Crippen LogP contribution in [0.1, 0.15) is 60.3 Å². The van der Waals surface area contributed by atoms with Crippen molar-refractivity contribution >= 4 is 39.8 Å². The summed E-state index contributed by atoms with van der Waals surface area (Å²) in [4.78, 5) is 16.9. The van der Waals surface area contributed by atoms with Crippen molar-refractivity contribution in [2.45, 2.75) is 60.3 Å². The van der Waals surface area contributed by atoms with E-state index in [9.17, 15) is 4.57 Å². The highest BCUT2D eigenvalue weighted by Crippen LogP contribution is 2.30. The first kappa shape index (κ1) is 31.3. The van der Waals surface area contributed by atoms with Gasteiger partial charge in [0.2, 0.25) is 8.53 Å². The Morgan fingerprint density at radius 2 is 1.43 bits per heavy atom. The summed E-state index contributed by atoms with van der Waals surface area (Å²) in [6.07, 6.45) is 4.72. The molecule has 7 nitrogen and oxygen atoms in total. The second-order valence-corrected chi connectivity index (χ2v) is 12.8. The Hall–Kier alpha value is 1.12. The molecule has 0 saturated carbocycles. The quantitative estimate of drug-likeness (QED) is 0.190. The van der Waals surface area contributed by atoms with Crippen molar-refractivity contribution in [1.82, 2.24) is 0 Å². The van der Waals surface area contributed by atoms with Gasteiger partial charge in [-0.15, -0.1) is 0 Å². The third-order valence-electron chi connectivity index (χ3n) is 4.44. The van der Waals surface area contributed by atoms with Gasteiger partial charge in [0.15, 0.2) is 0 Å². The van der Waals surface area contributed by atoms with E-state index in [4.69, 9.17) is 19.8 Å². The average Bonchev–Trinajstić information content (AvgIpc) is 2.56. The van der Waals surface area contributed by atoms with E-state index in [1.54, 1.807) is 0 Å². The minimum Gasteiger partial charge on any atom is -0.338 e. The number of thioether (sulfide) groups is 2. The lowest BCUT2D eigenvalue weighted by Crippen LogP contribution is -2.15. The summed E-state index contributed by atoms with van der Waals surface area (Å²) in [5.74, 6) is 4.99. The molecular weight excluding hydrogens is 438 g/mol. The first-order valence-electron chi connectivity index (χ1n) is 9.44. The molecule has 6 N–H and O–H groups in total. The molecule has 0 aliphatic carbocycles. The fraction of sp³-hybridized carbons (Fsp3) is 1.00. The van der Waals surface area contributed by atoms with Gasteiger partial charge in [0, 0.05) is 18.6 Å². The second kappa shape index (κ2) is 16.8. The lowest BCUT2D eigenvalue weighted by molar-refractivity contribution is 0.224. The molecule has 28 heavy (non-hydrogen) atoms. The summed E-state index contributed by atoms with van der Waals surface area (Å²) >= 11 is 4.14. The fourth-order valence-electron chi connectivity index (χ4n) is 1.74. The van der Waals surface area contributed by atoms with Crippen LogP contribution in [-0.2, 0) is 13.6 Å². The Balaban J connectivity index is 0. The Morgan fingerprint density at radius 1 is 1.00 bits per heavy atom. The number of hydrogen-bond donors (Lipinski definition) is 4. The first-order valence-corrected chi connectivity index (χ1v) is 14.7. The fourth-order valence-corrected chi connectivity index (χ4v) is 4.76. The van der Waals surface area contributed by atoms with E-state index in [-0.39, 0.29) is 5.41 Å². The molecule has 0 bridgehead atoms. The summed E-state index contributed by atoms with van der Waals surface area (Å²) in [7, 11) is -4.27. The van der Waals surface area contributed by atoms with Crippen LogP contribution in [0.4, 0.5) is 0 Å². The lowest BCUT2D eigenvalue weighted by atomic mass is 9.87. The van der Waals surface area contributed by atoms with Crippen molar-refractivity contribution in [3.63, 3.8) is 0 Å². The molecule has 0 aromatic rings. The van der Waals surface area contributed by atoms with Crippen molar-refractivity contribution in [3.05, 3.63) is 0 Å². The number of hydrogen-bond acceptors (Lipinski definition) is 7. The van der Waals surface area contributed by atoms with Gasteiger partial charge in [-0.25, -0.2) is 10.1 Å². The zero-order chi connectivity index (χ0) is 22.3. The van der Waals surface area contributed by atoms with Crippen molar-refractivity contribution in [1.29, 1.82) is 0 Å². The Morgan fingerprint density at radius 3 is 1.79 bits per heavy atom. The number of rotatable bonds is 15. The van der Waals surface area contributed by atoms with Crippen LogP contribution in [0.3, 0.4) is 0 Å². The summed E-state index contributed by atoms with van der Waals surface area (Å²) in [6.45, 7) is 12.1. The van der Waals surface area contributed by atoms with Gasteiger partial charge < -0.3 is 18.8 Å². The molecule has 2 atom stereocenters. The van der Waals surface area contributed by atoms with E-state index >= 15 is 0 Å². The van der Waals surface area contributed by atoms with Crippen molar-refractivity contribution in [2.75, 3.05) is 36.7 Å². The monoisotopic (exact) mass is 480 g/mol. The smallest absolute Gasteiger partial charge is 0.338 e. The molecular formula is C17H42N2O5P2S2. The largest absolute Gasteiger partial charge is 0.399 e. The minimum absolute atomic E-state index is 0.261. The first-order chi connectivity index (χ1) is 12.7. The van der Waals surface area contributed by atoms with Crippen LogP contribution in [-0.4, -0.2) is 46.5 Å². The molecule has 0 rings (SSSR count). The molecule has 11 heteroatoms. The maximum absolute atomic E-state index is 9.69. The standard InChI is InChI=1S/C16H36NO2PS2.CH6NO3P/c1-6-15(2,3)8-11-21-13-14-22-12-9-16(4,5)7-10-19-20(17)18;1-5-6(2,3)4/h18H,6-14,17H2,1-5H3;1H3,(H3,2,3,4). The Labute approximate surface area is 182 Å². The van der Waals surface area contributed by atoms with Crippen LogP contribution in [0.25, 0.3) is 0 Å². The van der Waals surface area contributed by atoms with Crippen molar-refractivity contribution in [2.24, 2.45) is 21.8 Å². The van der Waals surface area contributed by atoms with Crippen LogP contribution in [0.2, 0.25) is 0 Å². The molecule has 0 amide bonds. The van der Waals surface area contributed by atoms with Gasteiger partial charge in [-0.3, -0.25) is 5.50 Å².